The summed E-state index contributed by atoms with van der Waals surface area (Å²) < 4.78 is 24.0. The van der Waals surface area contributed by atoms with Crippen LogP contribution in [0.15, 0.2) is 0 Å². The van der Waals surface area contributed by atoms with Gasteiger partial charge in [-0.25, -0.2) is 0 Å². The minimum Gasteiger partial charge on any atom is -0.439 e. The van der Waals surface area contributed by atoms with Crippen molar-refractivity contribution in [1.82, 2.24) is 0 Å². The van der Waals surface area contributed by atoms with Gasteiger partial charge < -0.3 is 8.23 Å². The molecule has 0 bridgehead atoms. The van der Waals surface area contributed by atoms with E-state index in [2.05, 4.69) is 32.7 Å². The molecule has 0 aliphatic heterocycles. The van der Waals surface area contributed by atoms with Crippen LogP contribution in [0.1, 0.15) is 64.7 Å². The molecule has 0 aliphatic rings. The zero-order valence-electron chi connectivity index (χ0n) is 17.8. The highest BCUT2D eigenvalue weighted by molar-refractivity contribution is 7.84. The molecule has 0 rings (SSSR count). The zero-order valence-corrected chi connectivity index (χ0v) is 21.9. The molecule has 0 N–H and O–H groups in total. The van der Waals surface area contributed by atoms with Gasteiger partial charge in [0.2, 0.25) is 0 Å². The van der Waals surface area contributed by atoms with Crippen molar-refractivity contribution in [2.24, 2.45) is 0 Å². The van der Waals surface area contributed by atoms with Crippen molar-refractivity contribution in [3.63, 3.8) is 0 Å². The van der Waals surface area contributed by atoms with E-state index in [9.17, 15) is 4.21 Å². The molecule has 0 saturated heterocycles. The van der Waals surface area contributed by atoms with Gasteiger partial charge in [-0.15, -0.1) is 0 Å². The average molecular weight is 425 g/mol. The van der Waals surface area contributed by atoms with Gasteiger partial charge >= 0.3 is 8.56 Å². The van der Waals surface area contributed by atoms with E-state index < -0.39 is 37.4 Å². The Morgan fingerprint density at radius 1 is 0.760 bits per heavy atom. The summed E-state index contributed by atoms with van der Waals surface area (Å²) in [5.74, 6) is 1.72. The normalized spacial score (nSPS) is 13.8. The van der Waals surface area contributed by atoms with Gasteiger partial charge in [0.05, 0.1) is 0 Å². The van der Waals surface area contributed by atoms with Gasteiger partial charge in [-0.3, -0.25) is 4.21 Å². The van der Waals surface area contributed by atoms with Crippen molar-refractivity contribution >= 4 is 37.4 Å². The molecule has 0 spiro atoms. The minimum atomic E-state index is -1.88. The minimum absolute atomic E-state index is 0.567. The van der Waals surface area contributed by atoms with E-state index in [0.717, 1.165) is 17.9 Å². The fraction of sp³-hybridized carbons (Fsp3) is 1.00. The van der Waals surface area contributed by atoms with Crippen molar-refractivity contribution in [3.8, 4) is 0 Å². The predicted molar refractivity (Wildman–Crippen MR) is 121 cm³/mol. The third-order valence-electron chi connectivity index (χ3n) is 4.29. The molecule has 0 heterocycles. The molecule has 1 atom stereocenters. The molecule has 0 aromatic heterocycles. The molecule has 0 radical (unpaired) electrons. The Hall–Kier alpha value is 0.721. The van der Waals surface area contributed by atoms with Crippen LogP contribution in [-0.4, -0.2) is 42.4 Å². The van der Waals surface area contributed by atoms with Gasteiger partial charge in [-0.1, -0.05) is 58.3 Å². The molecule has 3 nitrogen and oxygen atoms in total. The lowest BCUT2D eigenvalue weighted by Gasteiger charge is -2.31. The Morgan fingerprint density at radius 3 is 1.56 bits per heavy atom. The first kappa shape index (κ1) is 25.7. The van der Waals surface area contributed by atoms with Crippen LogP contribution in [0.3, 0.4) is 0 Å². The number of unbranched alkanes of at least 4 members (excludes halogenated alkanes) is 8. The lowest BCUT2D eigenvalue weighted by molar-refractivity contribution is 0.398. The second-order valence-electron chi connectivity index (χ2n) is 7.83. The van der Waals surface area contributed by atoms with E-state index in [0.29, 0.717) is 0 Å². The smallest absolute Gasteiger partial charge is 0.313 e. The maximum Gasteiger partial charge on any atom is 0.313 e. The molecular formula is C18H44O3SSi3. The fourth-order valence-electron chi connectivity index (χ4n) is 3.23. The van der Waals surface area contributed by atoms with Crippen LogP contribution >= 0.6 is 0 Å². The topological polar surface area (TPSA) is 35.5 Å². The van der Waals surface area contributed by atoms with Gasteiger partial charge in [0.1, 0.15) is 0 Å². The molecule has 0 saturated carbocycles. The second-order valence-corrected chi connectivity index (χ2v) is 18.5. The van der Waals surface area contributed by atoms with Crippen LogP contribution in [0.4, 0.5) is 0 Å². The number of rotatable bonds is 17. The SMILES string of the molecule is CCS(=O)CCCCCCCCCCC[Si](C)(O[SiH](C)C)O[SiH](C)C. The van der Waals surface area contributed by atoms with Crippen LogP contribution in [0, 0.1) is 0 Å². The lowest BCUT2D eigenvalue weighted by atomic mass is 10.1. The second kappa shape index (κ2) is 15.7. The van der Waals surface area contributed by atoms with Crippen molar-refractivity contribution in [3.05, 3.63) is 0 Å². The monoisotopic (exact) mass is 424 g/mol. The number of hydrogen-bond acceptors (Lipinski definition) is 3. The third kappa shape index (κ3) is 16.6. The fourth-order valence-corrected chi connectivity index (χ4v) is 14.6. The van der Waals surface area contributed by atoms with Gasteiger partial charge in [-0.2, -0.15) is 0 Å². The largest absolute Gasteiger partial charge is 0.439 e. The van der Waals surface area contributed by atoms with Crippen LogP contribution in [0.5, 0.6) is 0 Å². The molecule has 7 heteroatoms. The van der Waals surface area contributed by atoms with Crippen LogP contribution in [0.2, 0.25) is 38.8 Å². The Bertz CT molecular complexity index is 332. The first-order valence-electron chi connectivity index (χ1n) is 10.5. The molecule has 25 heavy (non-hydrogen) atoms. The van der Waals surface area contributed by atoms with Crippen LogP contribution in [-0.2, 0) is 19.0 Å². The molecule has 1 unspecified atom stereocenters. The Labute approximate surface area is 164 Å². The summed E-state index contributed by atoms with van der Waals surface area (Å²) in [6.45, 7) is 13.3. The summed E-state index contributed by atoms with van der Waals surface area (Å²) in [7, 11) is -4.46. The average Bonchev–Trinajstić information content (AvgIpc) is 2.50. The van der Waals surface area contributed by atoms with Gasteiger partial charge in [-0.05, 0) is 45.2 Å². The van der Waals surface area contributed by atoms with E-state index in [1.807, 2.05) is 6.92 Å². The van der Waals surface area contributed by atoms with E-state index in [1.165, 1.54) is 57.4 Å². The molecule has 0 amide bonds. The molecular weight excluding hydrogens is 381 g/mol. The molecule has 0 aromatic rings. The van der Waals surface area contributed by atoms with Crippen molar-refractivity contribution < 1.29 is 12.4 Å². The summed E-state index contributed by atoms with van der Waals surface area (Å²) in [6, 6.07) is 1.18. The third-order valence-corrected chi connectivity index (χ3v) is 14.7. The Morgan fingerprint density at radius 2 is 1.16 bits per heavy atom. The molecule has 0 aromatic carbocycles. The maximum atomic E-state index is 11.3. The zero-order chi connectivity index (χ0) is 19.1. The standard InChI is InChI=1S/C18H44O3SSi3/c1-7-22(19)17-15-13-11-9-8-10-12-14-16-18-25(6,20-23(2)3)21-24(4)5/h23-24H,7-18H2,1-6H3. The first-order valence-corrected chi connectivity index (χ1v) is 20.1. The predicted octanol–water partition coefficient (Wildman–Crippen LogP) is 5.34. The van der Waals surface area contributed by atoms with E-state index >= 15 is 0 Å². The molecule has 0 aliphatic carbocycles. The van der Waals surface area contributed by atoms with Crippen molar-refractivity contribution in [1.29, 1.82) is 0 Å². The van der Waals surface area contributed by atoms with E-state index in [1.54, 1.807) is 0 Å². The summed E-state index contributed by atoms with van der Waals surface area (Å²) >= 11 is 0. The highest BCUT2D eigenvalue weighted by Gasteiger charge is 2.32. The first-order chi connectivity index (χ1) is 11.8. The quantitative estimate of drug-likeness (QED) is 0.233. The van der Waals surface area contributed by atoms with E-state index in [-0.39, 0.29) is 0 Å². The van der Waals surface area contributed by atoms with Gasteiger partial charge in [0.15, 0.2) is 18.1 Å². The summed E-state index contributed by atoms with van der Waals surface area (Å²) in [5, 5.41) is 0. The van der Waals surface area contributed by atoms with E-state index in [4.69, 9.17) is 8.23 Å². The maximum absolute atomic E-state index is 11.3. The lowest BCUT2D eigenvalue weighted by Crippen LogP contribution is -2.45. The summed E-state index contributed by atoms with van der Waals surface area (Å²) in [5.41, 5.74) is 0. The molecule has 0 fully saturated rings. The summed E-state index contributed by atoms with van der Waals surface area (Å²) in [6.07, 6.45) is 11.7. The Balaban J connectivity index is 3.61. The Kier molecular flexibility index (Phi) is 16.2. The summed E-state index contributed by atoms with van der Waals surface area (Å²) in [4.78, 5) is 0. The van der Waals surface area contributed by atoms with Crippen LogP contribution in [0.25, 0.3) is 0 Å². The highest BCUT2D eigenvalue weighted by Crippen LogP contribution is 2.21. The number of hydrogen-bond donors (Lipinski definition) is 0. The van der Waals surface area contributed by atoms with Crippen LogP contribution < -0.4 is 0 Å². The van der Waals surface area contributed by atoms with Gasteiger partial charge in [0.25, 0.3) is 0 Å². The van der Waals surface area contributed by atoms with Crippen molar-refractivity contribution in [2.75, 3.05) is 11.5 Å². The molecule has 152 valence electrons. The highest BCUT2D eigenvalue weighted by atomic mass is 32.2. The van der Waals surface area contributed by atoms with Crippen molar-refractivity contribution in [2.45, 2.75) is 103 Å². The van der Waals surface area contributed by atoms with Gasteiger partial charge in [0, 0.05) is 22.3 Å².